The van der Waals surface area contributed by atoms with Crippen molar-refractivity contribution in [1.82, 2.24) is 39.5 Å². The highest BCUT2D eigenvalue weighted by Crippen LogP contribution is 2.26. The van der Waals surface area contributed by atoms with Crippen molar-refractivity contribution in [3.63, 3.8) is 0 Å². The summed E-state index contributed by atoms with van der Waals surface area (Å²) < 4.78 is 4.00. The van der Waals surface area contributed by atoms with Crippen LogP contribution in [0.3, 0.4) is 0 Å². The first kappa shape index (κ1) is 33.5. The molecule has 0 radical (unpaired) electrons. The third-order valence-electron chi connectivity index (χ3n) is 7.33. The highest BCUT2D eigenvalue weighted by atomic mass is 35.5. The molecule has 48 heavy (non-hydrogen) atoms. The molecule has 244 valence electrons. The van der Waals surface area contributed by atoms with Crippen LogP contribution in [0.4, 0.5) is 0 Å². The Balaban J connectivity index is 0.000000194. The van der Waals surface area contributed by atoms with Crippen LogP contribution in [-0.4, -0.2) is 57.8 Å². The summed E-state index contributed by atoms with van der Waals surface area (Å²) in [5.41, 5.74) is 3.63. The van der Waals surface area contributed by atoms with Gasteiger partial charge in [-0.05, 0) is 31.0 Å². The summed E-state index contributed by atoms with van der Waals surface area (Å²) in [5, 5.41) is 32.7. The lowest BCUT2D eigenvalue weighted by Crippen LogP contribution is -2.39. The lowest BCUT2D eigenvalue weighted by Gasteiger charge is -2.13. The molecule has 1 atom stereocenters. The number of benzene rings is 2. The second kappa shape index (κ2) is 14.3. The van der Waals surface area contributed by atoms with Crippen LogP contribution in [0.15, 0.2) is 88.8 Å². The number of aryl methyl sites for hydroxylation is 1. The molecule has 13 nitrogen and oxygen atoms in total. The van der Waals surface area contributed by atoms with Gasteiger partial charge in [-0.15, -0.1) is 0 Å². The highest BCUT2D eigenvalue weighted by molar-refractivity contribution is 6.30. The molecule has 2 aromatic carbocycles. The van der Waals surface area contributed by atoms with Crippen molar-refractivity contribution >= 4 is 23.2 Å². The summed E-state index contributed by atoms with van der Waals surface area (Å²) in [6, 6.07) is 19.5. The number of fused-ring (bicyclic) bond motifs is 1. The van der Waals surface area contributed by atoms with Gasteiger partial charge in [-0.25, -0.2) is 9.50 Å². The normalized spacial score (nSPS) is 11.5. The fraction of sp³-hybridized carbons (Fsp3) is 0.206. The molecule has 6 rings (SSSR count). The smallest absolute Gasteiger partial charge is 0.284 e. The molecule has 0 bridgehead atoms. The summed E-state index contributed by atoms with van der Waals surface area (Å²) in [6.45, 7) is 5.33. The number of aromatic amines is 1. The van der Waals surface area contributed by atoms with Crippen molar-refractivity contribution in [3.8, 4) is 34.3 Å². The van der Waals surface area contributed by atoms with E-state index in [-0.39, 0.29) is 23.6 Å². The van der Waals surface area contributed by atoms with Crippen molar-refractivity contribution in [2.75, 3.05) is 6.61 Å². The van der Waals surface area contributed by atoms with Gasteiger partial charge in [0.2, 0.25) is 0 Å². The zero-order valence-corrected chi connectivity index (χ0v) is 27.3. The van der Waals surface area contributed by atoms with E-state index in [0.29, 0.717) is 44.4 Å². The number of halogens is 1. The van der Waals surface area contributed by atoms with E-state index < -0.39 is 17.5 Å². The van der Waals surface area contributed by atoms with Crippen molar-refractivity contribution in [1.29, 1.82) is 5.26 Å². The Kier molecular flexibility index (Phi) is 9.98. The van der Waals surface area contributed by atoms with Gasteiger partial charge >= 0.3 is 0 Å². The van der Waals surface area contributed by atoms with Gasteiger partial charge in [0.1, 0.15) is 22.9 Å². The Morgan fingerprint density at radius 2 is 1.77 bits per heavy atom. The molecule has 1 amide bonds. The van der Waals surface area contributed by atoms with Crippen molar-refractivity contribution < 1.29 is 9.90 Å². The fourth-order valence-electron chi connectivity index (χ4n) is 4.91. The van der Waals surface area contributed by atoms with Gasteiger partial charge in [0.05, 0.1) is 30.4 Å². The molecule has 0 aliphatic carbocycles. The third-order valence-corrected chi connectivity index (χ3v) is 7.58. The predicted molar refractivity (Wildman–Crippen MR) is 181 cm³/mol. The van der Waals surface area contributed by atoms with Gasteiger partial charge in [-0.1, -0.05) is 67.9 Å². The Labute approximate surface area is 279 Å². The number of hydrogen-bond donors (Lipinski definition) is 3. The Morgan fingerprint density at radius 1 is 1.06 bits per heavy atom. The lowest BCUT2D eigenvalue weighted by molar-refractivity contribution is 0.0920. The number of carbonyl (C=O) groups is 1. The molecule has 4 heterocycles. The van der Waals surface area contributed by atoms with Crippen LogP contribution >= 0.6 is 11.6 Å². The number of amides is 1. The Bertz CT molecular complexity index is 2250. The van der Waals surface area contributed by atoms with Crippen LogP contribution in [0.25, 0.3) is 33.8 Å². The number of nitrogens with zero attached hydrogens (tertiary/aromatic N) is 7. The second-order valence-electron chi connectivity index (χ2n) is 11.3. The number of hydrogen-bond acceptors (Lipinski definition) is 8. The summed E-state index contributed by atoms with van der Waals surface area (Å²) in [4.78, 5) is 42.6. The summed E-state index contributed by atoms with van der Waals surface area (Å²) in [7, 11) is 1.72. The maximum Gasteiger partial charge on any atom is 0.284 e. The minimum Gasteiger partial charge on any atom is -0.394 e. The summed E-state index contributed by atoms with van der Waals surface area (Å²) >= 11 is 5.93. The highest BCUT2D eigenvalue weighted by Gasteiger charge is 2.21. The molecule has 6 aromatic rings. The second-order valence-corrected chi connectivity index (χ2v) is 11.7. The van der Waals surface area contributed by atoms with Crippen LogP contribution in [-0.2, 0) is 7.05 Å². The molecule has 14 heteroatoms. The van der Waals surface area contributed by atoms with Crippen molar-refractivity contribution in [2.45, 2.75) is 32.7 Å². The summed E-state index contributed by atoms with van der Waals surface area (Å²) in [6.07, 6.45) is 4.61. The van der Waals surface area contributed by atoms with Crippen molar-refractivity contribution in [3.05, 3.63) is 122 Å². The number of carbonyl (C=O) groups excluding carboxylic acids is 1. The standard InChI is InChI=1S/C18H18ClN5O3.C16H14N4O/c1-11(10-25)21-17(26)15-7-16(12-3-5-13(19)6-4-12)22-24(18(15)27)14-8-20-23(2)9-14;1-10(2)13-14(11-6-4-3-5-7-11)19-15-12(8-17)9-18-20(15)16(13)21/h3-9,11,25H,10H2,1-2H3,(H,21,26);3-7,9-10,18H,1-2H3. The van der Waals surface area contributed by atoms with Gasteiger partial charge in [0.15, 0.2) is 5.65 Å². The SMILES string of the molecule is CC(C)c1c(-c2ccccc2)nc2c(C#N)c[nH]n2c1=O.CC(CO)NC(=O)c1cc(-c2ccc(Cl)cc2)nn(-c2cnn(C)c2)c1=O. The number of H-pyrrole nitrogens is 1. The molecule has 0 saturated carbocycles. The zero-order chi connectivity index (χ0) is 34.5. The molecule has 0 aliphatic heterocycles. The monoisotopic (exact) mass is 665 g/mol. The van der Waals surface area contributed by atoms with E-state index >= 15 is 0 Å². The van der Waals surface area contributed by atoms with Crippen LogP contribution in [0.5, 0.6) is 0 Å². The molecule has 0 spiro atoms. The largest absolute Gasteiger partial charge is 0.394 e. The van der Waals surface area contributed by atoms with E-state index in [1.165, 1.54) is 27.7 Å². The number of nitrogens with one attached hydrogen (secondary N) is 2. The molecule has 0 aliphatic rings. The minimum absolute atomic E-state index is 0.0333. The zero-order valence-electron chi connectivity index (χ0n) is 26.5. The van der Waals surface area contributed by atoms with Gasteiger partial charge in [-0.2, -0.15) is 20.1 Å². The lowest BCUT2D eigenvalue weighted by atomic mass is 9.98. The number of nitriles is 1. The molecule has 3 N–H and O–H groups in total. The van der Waals surface area contributed by atoms with Crippen LogP contribution < -0.4 is 16.4 Å². The average molecular weight is 666 g/mol. The van der Waals surface area contributed by atoms with E-state index in [1.54, 1.807) is 44.4 Å². The van der Waals surface area contributed by atoms with E-state index in [0.717, 1.165) is 10.2 Å². The van der Waals surface area contributed by atoms with E-state index in [9.17, 15) is 14.4 Å². The van der Waals surface area contributed by atoms with Crippen LogP contribution in [0.2, 0.25) is 5.02 Å². The maximum atomic E-state index is 12.8. The van der Waals surface area contributed by atoms with E-state index in [4.69, 9.17) is 22.0 Å². The van der Waals surface area contributed by atoms with Gasteiger partial charge in [0, 0.05) is 41.0 Å². The number of aromatic nitrogens is 7. The van der Waals surface area contributed by atoms with Gasteiger partial charge < -0.3 is 10.4 Å². The molecular weight excluding hydrogens is 634 g/mol. The third kappa shape index (κ3) is 6.95. The Morgan fingerprint density at radius 3 is 2.38 bits per heavy atom. The first-order valence-corrected chi connectivity index (χ1v) is 15.3. The topological polar surface area (TPSA) is 176 Å². The molecule has 4 aromatic heterocycles. The average Bonchev–Trinajstić information content (AvgIpc) is 3.71. The summed E-state index contributed by atoms with van der Waals surface area (Å²) in [5.74, 6) is -0.553. The predicted octanol–water partition coefficient (Wildman–Crippen LogP) is 4.08. The first-order chi connectivity index (χ1) is 23.0. The number of rotatable bonds is 7. The fourth-order valence-corrected chi connectivity index (χ4v) is 5.03. The molecule has 0 fully saturated rings. The van der Waals surface area contributed by atoms with E-state index in [2.05, 4.69) is 31.7 Å². The molecule has 0 saturated heterocycles. The van der Waals surface area contributed by atoms with Gasteiger partial charge in [0.25, 0.3) is 17.0 Å². The van der Waals surface area contributed by atoms with Gasteiger partial charge in [-0.3, -0.25) is 24.2 Å². The maximum absolute atomic E-state index is 12.8. The molecule has 1 unspecified atom stereocenters. The van der Waals surface area contributed by atoms with Crippen molar-refractivity contribution in [2.24, 2.45) is 7.05 Å². The Hall–Kier alpha value is -5.84. The first-order valence-electron chi connectivity index (χ1n) is 14.9. The van der Waals surface area contributed by atoms with Crippen LogP contribution in [0.1, 0.15) is 48.2 Å². The quantitative estimate of drug-likeness (QED) is 0.228. The number of aliphatic hydroxyl groups is 1. The van der Waals surface area contributed by atoms with E-state index in [1.807, 2.05) is 44.2 Å². The van der Waals surface area contributed by atoms with Crippen LogP contribution in [0, 0.1) is 11.3 Å². The minimum atomic E-state index is -0.586. The number of aliphatic hydroxyl groups excluding tert-OH is 1. The molecular formula is C34H32ClN9O4.